The highest BCUT2D eigenvalue weighted by Gasteiger charge is 2.41. The SMILES string of the molecule is CCCC1CCCC2(CCNCC2CC(C)C)CC1. The van der Waals surface area contributed by atoms with Gasteiger partial charge in [0.15, 0.2) is 0 Å². The standard InChI is InChI=1S/C18H35N/c1-4-6-16-7-5-9-18(10-8-16)11-12-19-14-17(18)13-15(2)3/h15-17,19H,4-14H2,1-3H3. The fraction of sp³-hybridized carbons (Fsp3) is 1.00. The molecule has 0 aromatic rings. The molecule has 0 radical (unpaired) electrons. The molecule has 1 spiro atoms. The zero-order valence-corrected chi connectivity index (χ0v) is 13.5. The van der Waals surface area contributed by atoms with Gasteiger partial charge in [0.25, 0.3) is 0 Å². The van der Waals surface area contributed by atoms with Crippen LogP contribution in [0.3, 0.4) is 0 Å². The van der Waals surface area contributed by atoms with Gasteiger partial charge in [-0.05, 0) is 68.4 Å². The fourth-order valence-corrected chi connectivity index (χ4v) is 4.80. The van der Waals surface area contributed by atoms with E-state index in [4.69, 9.17) is 0 Å². The van der Waals surface area contributed by atoms with E-state index in [1.165, 1.54) is 70.9 Å². The molecular formula is C18H35N. The van der Waals surface area contributed by atoms with Crippen LogP contribution in [0.4, 0.5) is 0 Å². The van der Waals surface area contributed by atoms with E-state index in [0.29, 0.717) is 5.41 Å². The molecule has 1 aliphatic heterocycles. The molecule has 2 aliphatic rings. The van der Waals surface area contributed by atoms with Crippen LogP contribution >= 0.6 is 0 Å². The first-order valence-corrected chi connectivity index (χ1v) is 8.87. The van der Waals surface area contributed by atoms with E-state index in [0.717, 1.165) is 17.8 Å². The van der Waals surface area contributed by atoms with Crippen LogP contribution in [0.5, 0.6) is 0 Å². The average Bonchev–Trinajstić information content (AvgIpc) is 2.57. The van der Waals surface area contributed by atoms with Crippen LogP contribution in [0.2, 0.25) is 0 Å². The monoisotopic (exact) mass is 265 g/mol. The van der Waals surface area contributed by atoms with Gasteiger partial charge in [0, 0.05) is 0 Å². The molecule has 1 aliphatic carbocycles. The molecule has 1 heterocycles. The Bertz CT molecular complexity index is 260. The summed E-state index contributed by atoms with van der Waals surface area (Å²) in [5.41, 5.74) is 0.706. The van der Waals surface area contributed by atoms with E-state index in [1.807, 2.05) is 0 Å². The Balaban J connectivity index is 2.01. The summed E-state index contributed by atoms with van der Waals surface area (Å²) < 4.78 is 0. The molecule has 3 unspecified atom stereocenters. The summed E-state index contributed by atoms with van der Waals surface area (Å²) in [6.45, 7) is 9.72. The van der Waals surface area contributed by atoms with Gasteiger partial charge >= 0.3 is 0 Å². The van der Waals surface area contributed by atoms with Gasteiger partial charge in [-0.1, -0.05) is 46.5 Å². The lowest BCUT2D eigenvalue weighted by molar-refractivity contribution is 0.0693. The maximum Gasteiger partial charge on any atom is -0.00151 e. The summed E-state index contributed by atoms with van der Waals surface area (Å²) in [7, 11) is 0. The zero-order valence-electron chi connectivity index (χ0n) is 13.5. The first kappa shape index (κ1) is 15.4. The minimum absolute atomic E-state index is 0.706. The summed E-state index contributed by atoms with van der Waals surface area (Å²) in [5, 5.41) is 3.67. The molecule has 0 amide bonds. The Morgan fingerprint density at radius 1 is 1.16 bits per heavy atom. The maximum absolute atomic E-state index is 3.67. The topological polar surface area (TPSA) is 12.0 Å². The molecule has 0 aromatic heterocycles. The van der Waals surface area contributed by atoms with Crippen molar-refractivity contribution in [3.05, 3.63) is 0 Å². The minimum atomic E-state index is 0.706. The average molecular weight is 265 g/mol. The second-order valence-electron chi connectivity index (χ2n) is 7.73. The summed E-state index contributed by atoms with van der Waals surface area (Å²) in [4.78, 5) is 0. The molecule has 0 bridgehead atoms. The predicted molar refractivity (Wildman–Crippen MR) is 84.3 cm³/mol. The molecule has 1 nitrogen and oxygen atoms in total. The number of hydrogen-bond acceptors (Lipinski definition) is 1. The lowest BCUT2D eigenvalue weighted by Crippen LogP contribution is -2.45. The van der Waals surface area contributed by atoms with Crippen molar-refractivity contribution in [2.45, 2.75) is 78.6 Å². The highest BCUT2D eigenvalue weighted by atomic mass is 14.9. The van der Waals surface area contributed by atoms with E-state index in [9.17, 15) is 0 Å². The van der Waals surface area contributed by atoms with E-state index in [2.05, 4.69) is 26.1 Å². The molecule has 1 N–H and O–H groups in total. The van der Waals surface area contributed by atoms with Crippen LogP contribution < -0.4 is 5.32 Å². The smallest absolute Gasteiger partial charge is 0.00151 e. The van der Waals surface area contributed by atoms with Crippen LogP contribution in [-0.4, -0.2) is 13.1 Å². The van der Waals surface area contributed by atoms with Gasteiger partial charge in [-0.25, -0.2) is 0 Å². The number of rotatable bonds is 4. The van der Waals surface area contributed by atoms with Gasteiger partial charge in [0.2, 0.25) is 0 Å². The number of hydrogen-bond donors (Lipinski definition) is 1. The highest BCUT2D eigenvalue weighted by Crippen LogP contribution is 2.49. The summed E-state index contributed by atoms with van der Waals surface area (Å²) >= 11 is 0. The van der Waals surface area contributed by atoms with E-state index >= 15 is 0 Å². The van der Waals surface area contributed by atoms with Crippen molar-refractivity contribution in [2.75, 3.05) is 13.1 Å². The normalized spacial score (nSPS) is 36.6. The Hall–Kier alpha value is -0.0400. The Morgan fingerprint density at radius 3 is 2.74 bits per heavy atom. The molecule has 1 saturated carbocycles. The van der Waals surface area contributed by atoms with E-state index in [1.54, 1.807) is 0 Å². The van der Waals surface area contributed by atoms with Crippen molar-refractivity contribution in [3.8, 4) is 0 Å². The van der Waals surface area contributed by atoms with Gasteiger partial charge in [-0.2, -0.15) is 0 Å². The van der Waals surface area contributed by atoms with Gasteiger partial charge in [0.1, 0.15) is 0 Å². The lowest BCUT2D eigenvalue weighted by Gasteiger charge is -2.45. The third-order valence-electron chi connectivity index (χ3n) is 5.85. The summed E-state index contributed by atoms with van der Waals surface area (Å²) in [5.74, 6) is 2.84. The van der Waals surface area contributed by atoms with Crippen molar-refractivity contribution < 1.29 is 0 Å². The van der Waals surface area contributed by atoms with Crippen LogP contribution in [-0.2, 0) is 0 Å². The van der Waals surface area contributed by atoms with Crippen molar-refractivity contribution in [1.82, 2.24) is 5.32 Å². The molecular weight excluding hydrogens is 230 g/mol. The van der Waals surface area contributed by atoms with E-state index in [-0.39, 0.29) is 0 Å². The first-order valence-electron chi connectivity index (χ1n) is 8.87. The minimum Gasteiger partial charge on any atom is -0.316 e. The van der Waals surface area contributed by atoms with Crippen molar-refractivity contribution >= 4 is 0 Å². The van der Waals surface area contributed by atoms with Gasteiger partial charge in [-0.3, -0.25) is 0 Å². The molecule has 2 rings (SSSR count). The van der Waals surface area contributed by atoms with Crippen molar-refractivity contribution in [2.24, 2.45) is 23.2 Å². The van der Waals surface area contributed by atoms with Gasteiger partial charge < -0.3 is 5.32 Å². The van der Waals surface area contributed by atoms with Crippen molar-refractivity contribution in [3.63, 3.8) is 0 Å². The molecule has 2 fully saturated rings. The lowest BCUT2D eigenvalue weighted by atomic mass is 9.63. The molecule has 0 aromatic carbocycles. The van der Waals surface area contributed by atoms with Crippen LogP contribution in [0.1, 0.15) is 78.6 Å². The molecule has 1 heteroatoms. The third kappa shape index (κ3) is 3.97. The quantitative estimate of drug-likeness (QED) is 0.753. The van der Waals surface area contributed by atoms with Crippen LogP contribution in [0, 0.1) is 23.2 Å². The first-order chi connectivity index (χ1) is 9.16. The van der Waals surface area contributed by atoms with E-state index < -0.39 is 0 Å². The molecule has 19 heavy (non-hydrogen) atoms. The van der Waals surface area contributed by atoms with Crippen LogP contribution in [0.25, 0.3) is 0 Å². The Kier molecular flexibility index (Phi) is 5.74. The fourth-order valence-electron chi connectivity index (χ4n) is 4.80. The Labute approximate surface area is 120 Å². The summed E-state index contributed by atoms with van der Waals surface area (Å²) in [6.07, 6.45) is 13.3. The number of nitrogens with one attached hydrogen (secondary N) is 1. The molecule has 112 valence electrons. The maximum atomic E-state index is 3.67. The largest absolute Gasteiger partial charge is 0.316 e. The Morgan fingerprint density at radius 2 is 2.00 bits per heavy atom. The molecule has 1 saturated heterocycles. The summed E-state index contributed by atoms with van der Waals surface area (Å²) in [6, 6.07) is 0. The van der Waals surface area contributed by atoms with Crippen LogP contribution in [0.15, 0.2) is 0 Å². The second kappa shape index (κ2) is 7.11. The third-order valence-corrected chi connectivity index (χ3v) is 5.85. The van der Waals surface area contributed by atoms with Gasteiger partial charge in [-0.15, -0.1) is 0 Å². The zero-order chi connectivity index (χ0) is 13.7. The highest BCUT2D eigenvalue weighted by molar-refractivity contribution is 4.94. The second-order valence-corrected chi connectivity index (χ2v) is 7.73. The molecule has 3 atom stereocenters. The van der Waals surface area contributed by atoms with Gasteiger partial charge in [0.05, 0.1) is 0 Å². The number of piperidine rings is 1. The van der Waals surface area contributed by atoms with Crippen molar-refractivity contribution in [1.29, 1.82) is 0 Å². The predicted octanol–water partition coefficient (Wildman–Crippen LogP) is 5.01.